The maximum Gasteiger partial charge on any atom is 0.128 e. The summed E-state index contributed by atoms with van der Waals surface area (Å²) >= 11 is 0. The first kappa shape index (κ1) is 15.0. The summed E-state index contributed by atoms with van der Waals surface area (Å²) in [5.41, 5.74) is 0. The molecule has 2 aromatic rings. The maximum absolute atomic E-state index is 4.64. The highest BCUT2D eigenvalue weighted by molar-refractivity contribution is 5.39. The Balaban J connectivity index is 1.71. The van der Waals surface area contributed by atoms with Crippen LogP contribution in [0.15, 0.2) is 36.8 Å². The first-order valence-corrected chi connectivity index (χ1v) is 8.06. The van der Waals surface area contributed by atoms with Crippen LogP contribution in [-0.2, 0) is 6.54 Å². The van der Waals surface area contributed by atoms with Gasteiger partial charge in [-0.05, 0) is 39.1 Å². The molecule has 3 rings (SSSR count). The Kier molecular flexibility index (Phi) is 4.73. The molecule has 0 spiro atoms. The largest absolute Gasteiger partial charge is 0.356 e. The second-order valence-corrected chi connectivity index (χ2v) is 6.26. The van der Waals surface area contributed by atoms with Gasteiger partial charge >= 0.3 is 0 Å². The fraction of sp³-hybridized carbons (Fsp3) is 0.529. The van der Waals surface area contributed by atoms with Crippen LogP contribution in [0.2, 0.25) is 0 Å². The lowest BCUT2D eigenvalue weighted by atomic mass is 9.97. The average Bonchev–Trinajstić information content (AvgIpc) is 3.02. The van der Waals surface area contributed by atoms with Crippen molar-refractivity contribution in [2.24, 2.45) is 0 Å². The smallest absolute Gasteiger partial charge is 0.128 e. The summed E-state index contributed by atoms with van der Waals surface area (Å²) < 4.78 is 2.31. The van der Waals surface area contributed by atoms with Crippen LogP contribution in [-0.4, -0.2) is 53.2 Å². The SMILES string of the molecule is CN(C)CCn1ccnc1C1CCCN(c2ccccn2)C1. The third-order valence-corrected chi connectivity index (χ3v) is 4.30. The summed E-state index contributed by atoms with van der Waals surface area (Å²) in [6.45, 7) is 4.14. The predicted molar refractivity (Wildman–Crippen MR) is 89.2 cm³/mol. The van der Waals surface area contributed by atoms with Crippen molar-refractivity contribution in [1.29, 1.82) is 0 Å². The number of likely N-dealkylation sites (N-methyl/N-ethyl adjacent to an activating group) is 1. The van der Waals surface area contributed by atoms with Gasteiger partial charge in [0.1, 0.15) is 11.6 Å². The van der Waals surface area contributed by atoms with Gasteiger partial charge in [-0.3, -0.25) is 0 Å². The molecule has 1 atom stereocenters. The molecule has 1 aliphatic rings. The molecule has 1 aliphatic heterocycles. The van der Waals surface area contributed by atoms with Gasteiger partial charge in [0.25, 0.3) is 0 Å². The minimum absolute atomic E-state index is 0.493. The van der Waals surface area contributed by atoms with E-state index in [2.05, 4.69) is 56.8 Å². The second-order valence-electron chi connectivity index (χ2n) is 6.26. The standard InChI is InChI=1S/C17H25N5/c1-20(2)12-13-21-11-9-19-17(21)15-6-5-10-22(14-15)16-7-3-4-8-18-16/h3-4,7-9,11,15H,5-6,10,12-14H2,1-2H3. The zero-order valence-corrected chi connectivity index (χ0v) is 13.5. The minimum Gasteiger partial charge on any atom is -0.356 e. The van der Waals surface area contributed by atoms with Crippen molar-refractivity contribution in [2.75, 3.05) is 38.6 Å². The zero-order chi connectivity index (χ0) is 15.4. The minimum atomic E-state index is 0.493. The molecule has 0 aliphatic carbocycles. The quantitative estimate of drug-likeness (QED) is 0.848. The molecule has 2 aromatic heterocycles. The Labute approximate surface area is 132 Å². The van der Waals surface area contributed by atoms with Crippen LogP contribution < -0.4 is 4.90 Å². The van der Waals surface area contributed by atoms with Crippen LogP contribution in [0.4, 0.5) is 5.82 Å². The van der Waals surface area contributed by atoms with Crippen molar-refractivity contribution in [2.45, 2.75) is 25.3 Å². The first-order chi connectivity index (χ1) is 10.7. The van der Waals surface area contributed by atoms with Gasteiger partial charge in [0.15, 0.2) is 0 Å². The molecule has 5 nitrogen and oxygen atoms in total. The first-order valence-electron chi connectivity index (χ1n) is 8.06. The van der Waals surface area contributed by atoms with Gasteiger partial charge in [0.05, 0.1) is 0 Å². The van der Waals surface area contributed by atoms with E-state index in [1.807, 2.05) is 18.5 Å². The molecule has 0 amide bonds. The van der Waals surface area contributed by atoms with E-state index < -0.39 is 0 Å². The fourth-order valence-electron chi connectivity index (χ4n) is 3.11. The molecule has 1 unspecified atom stereocenters. The van der Waals surface area contributed by atoms with Crippen molar-refractivity contribution in [1.82, 2.24) is 19.4 Å². The third kappa shape index (κ3) is 3.47. The number of anilines is 1. The summed E-state index contributed by atoms with van der Waals surface area (Å²) in [7, 11) is 4.22. The van der Waals surface area contributed by atoms with Crippen molar-refractivity contribution < 1.29 is 0 Å². The molecule has 1 fully saturated rings. The van der Waals surface area contributed by atoms with Gasteiger partial charge in [0.2, 0.25) is 0 Å². The Morgan fingerprint density at radius 1 is 1.23 bits per heavy atom. The highest BCUT2D eigenvalue weighted by Gasteiger charge is 2.25. The number of pyridine rings is 1. The van der Waals surface area contributed by atoms with Crippen molar-refractivity contribution in [3.05, 3.63) is 42.6 Å². The number of hydrogen-bond donors (Lipinski definition) is 0. The van der Waals surface area contributed by atoms with E-state index in [9.17, 15) is 0 Å². The number of rotatable bonds is 5. The molecule has 1 saturated heterocycles. The molecule has 0 aromatic carbocycles. The highest BCUT2D eigenvalue weighted by atomic mass is 15.2. The Morgan fingerprint density at radius 2 is 2.14 bits per heavy atom. The van der Waals surface area contributed by atoms with Crippen LogP contribution in [0.25, 0.3) is 0 Å². The molecule has 0 bridgehead atoms. The maximum atomic E-state index is 4.64. The normalized spacial score (nSPS) is 18.9. The molecular weight excluding hydrogens is 274 g/mol. The lowest BCUT2D eigenvalue weighted by Crippen LogP contribution is -2.36. The zero-order valence-electron chi connectivity index (χ0n) is 13.5. The topological polar surface area (TPSA) is 37.2 Å². The van der Waals surface area contributed by atoms with E-state index in [0.29, 0.717) is 5.92 Å². The van der Waals surface area contributed by atoms with E-state index >= 15 is 0 Å². The van der Waals surface area contributed by atoms with Crippen molar-refractivity contribution >= 4 is 5.82 Å². The Hall–Kier alpha value is -1.88. The summed E-state index contributed by atoms with van der Waals surface area (Å²) in [6, 6.07) is 6.13. The molecule has 0 saturated carbocycles. The summed E-state index contributed by atoms with van der Waals surface area (Å²) in [5.74, 6) is 2.80. The van der Waals surface area contributed by atoms with Crippen LogP contribution in [0.5, 0.6) is 0 Å². The molecule has 22 heavy (non-hydrogen) atoms. The van der Waals surface area contributed by atoms with Gasteiger partial charge < -0.3 is 14.4 Å². The number of nitrogens with zero attached hydrogens (tertiary/aromatic N) is 5. The van der Waals surface area contributed by atoms with Crippen molar-refractivity contribution in [3.8, 4) is 0 Å². The monoisotopic (exact) mass is 299 g/mol. The summed E-state index contributed by atoms with van der Waals surface area (Å²) in [5, 5.41) is 0. The van der Waals surface area contributed by atoms with Crippen LogP contribution in [0, 0.1) is 0 Å². The lowest BCUT2D eigenvalue weighted by Gasteiger charge is -2.33. The van der Waals surface area contributed by atoms with Crippen LogP contribution in [0.1, 0.15) is 24.6 Å². The van der Waals surface area contributed by atoms with E-state index in [0.717, 1.165) is 32.0 Å². The number of hydrogen-bond acceptors (Lipinski definition) is 4. The van der Waals surface area contributed by atoms with Gasteiger partial charge in [-0.2, -0.15) is 0 Å². The molecule has 0 radical (unpaired) electrons. The second kappa shape index (κ2) is 6.92. The Morgan fingerprint density at radius 3 is 2.91 bits per heavy atom. The number of piperidine rings is 1. The van der Waals surface area contributed by atoms with Gasteiger partial charge in [-0.25, -0.2) is 9.97 Å². The number of imidazole rings is 1. The fourth-order valence-corrected chi connectivity index (χ4v) is 3.11. The molecule has 5 heteroatoms. The molecular formula is C17H25N5. The van der Waals surface area contributed by atoms with Gasteiger partial charge in [0, 0.05) is 50.7 Å². The van der Waals surface area contributed by atoms with Gasteiger partial charge in [-0.15, -0.1) is 0 Å². The van der Waals surface area contributed by atoms with Crippen LogP contribution >= 0.6 is 0 Å². The van der Waals surface area contributed by atoms with Crippen LogP contribution in [0.3, 0.4) is 0 Å². The van der Waals surface area contributed by atoms with E-state index in [1.165, 1.54) is 18.7 Å². The number of aromatic nitrogens is 3. The van der Waals surface area contributed by atoms with Crippen molar-refractivity contribution in [3.63, 3.8) is 0 Å². The van der Waals surface area contributed by atoms with E-state index in [1.54, 1.807) is 0 Å². The van der Waals surface area contributed by atoms with E-state index in [-0.39, 0.29) is 0 Å². The highest BCUT2D eigenvalue weighted by Crippen LogP contribution is 2.28. The predicted octanol–water partition coefficient (Wildman–Crippen LogP) is 2.22. The molecule has 0 N–H and O–H groups in total. The lowest BCUT2D eigenvalue weighted by molar-refractivity contribution is 0.373. The molecule has 3 heterocycles. The average molecular weight is 299 g/mol. The van der Waals surface area contributed by atoms with E-state index in [4.69, 9.17) is 0 Å². The van der Waals surface area contributed by atoms with Gasteiger partial charge in [-0.1, -0.05) is 6.07 Å². The Bertz CT molecular complexity index is 578. The summed E-state index contributed by atoms with van der Waals surface area (Å²) in [6.07, 6.45) is 8.32. The third-order valence-electron chi connectivity index (χ3n) is 4.30. The molecule has 118 valence electrons. The summed E-state index contributed by atoms with van der Waals surface area (Å²) in [4.78, 5) is 13.7.